The van der Waals surface area contributed by atoms with Crippen LogP contribution in [0.1, 0.15) is 17.5 Å². The largest absolute Gasteiger partial charge is 0.447 e. The maximum Gasteiger partial charge on any atom is 0.410 e. The van der Waals surface area contributed by atoms with Gasteiger partial charge in [-0.15, -0.1) is 0 Å². The highest BCUT2D eigenvalue weighted by atomic mass is 19.1. The molecule has 0 saturated carbocycles. The molecule has 2 fully saturated rings. The molecule has 2 amide bonds. The Bertz CT molecular complexity index is 1470. The molecule has 3 atom stereocenters. The molecule has 2 saturated heterocycles. The van der Waals surface area contributed by atoms with Crippen molar-refractivity contribution in [3.8, 4) is 11.1 Å². The molecule has 0 radical (unpaired) electrons. The zero-order valence-electron chi connectivity index (χ0n) is 24.6. The number of nitrogens with one attached hydrogen (secondary N) is 2. The lowest BCUT2D eigenvalue weighted by molar-refractivity contribution is -0.117. The van der Waals surface area contributed by atoms with Crippen LogP contribution < -0.4 is 16.4 Å². The van der Waals surface area contributed by atoms with Crippen LogP contribution in [0, 0.1) is 17.5 Å². The molecular formula is C32H36F3N5O5. The monoisotopic (exact) mass is 627 g/mol. The first-order valence-corrected chi connectivity index (χ1v) is 14.9. The van der Waals surface area contributed by atoms with Crippen LogP contribution in [0.15, 0.2) is 54.9 Å². The minimum atomic E-state index is -1.03. The maximum absolute atomic E-state index is 14.9. The standard InChI is InChI=1S/C32H36F3N5O5/c33-22-4-2-21(3-5-22)26-13-20(1-8-27(26)34)14-29(36)31(41)39-30-18-38-17-28(35)25(30)7-6-23-15-37-16-24(45-23)19-44-32(42)40-9-11-43-12-10-40/h1-5,8,13,17-18,23-24,29,37H,6-7,9-12,14-16,19,36H2,(H,39,41)/t23-,24+,29+/m1/s1. The summed E-state index contributed by atoms with van der Waals surface area (Å²) in [5.41, 5.74) is 7.99. The number of hydrogen-bond donors (Lipinski definition) is 3. The topological polar surface area (TPSA) is 128 Å². The normalized spacial score (nSPS) is 19.2. The highest BCUT2D eigenvalue weighted by Gasteiger charge is 2.26. The third-order valence-corrected chi connectivity index (χ3v) is 7.75. The Morgan fingerprint density at radius 2 is 1.80 bits per heavy atom. The van der Waals surface area contributed by atoms with Crippen molar-refractivity contribution < 1.29 is 37.0 Å². The second kappa shape index (κ2) is 15.3. The number of carbonyl (C=O) groups excluding carboxylic acids is 2. The van der Waals surface area contributed by atoms with E-state index in [0.717, 1.165) is 6.20 Å². The van der Waals surface area contributed by atoms with Crippen molar-refractivity contribution in [2.45, 2.75) is 37.5 Å². The minimum Gasteiger partial charge on any atom is -0.447 e. The minimum absolute atomic E-state index is 0.0808. The van der Waals surface area contributed by atoms with Gasteiger partial charge in [-0.3, -0.25) is 9.78 Å². The lowest BCUT2D eigenvalue weighted by atomic mass is 9.98. The molecule has 240 valence electrons. The number of morpholine rings is 2. The van der Waals surface area contributed by atoms with Crippen LogP contribution in [0.2, 0.25) is 0 Å². The summed E-state index contributed by atoms with van der Waals surface area (Å²) < 4.78 is 59.5. The Morgan fingerprint density at radius 3 is 2.58 bits per heavy atom. The maximum atomic E-state index is 14.9. The Labute approximate surface area is 259 Å². The van der Waals surface area contributed by atoms with E-state index in [1.165, 1.54) is 42.6 Å². The van der Waals surface area contributed by atoms with Crippen LogP contribution in [0.4, 0.5) is 23.7 Å². The highest BCUT2D eigenvalue weighted by molar-refractivity contribution is 5.95. The molecule has 2 aromatic carbocycles. The lowest BCUT2D eigenvalue weighted by Gasteiger charge is -2.32. The van der Waals surface area contributed by atoms with Crippen molar-refractivity contribution in [1.82, 2.24) is 15.2 Å². The molecule has 1 aromatic heterocycles. The average Bonchev–Trinajstić information content (AvgIpc) is 3.05. The third-order valence-electron chi connectivity index (χ3n) is 7.75. The van der Waals surface area contributed by atoms with Gasteiger partial charge in [-0.1, -0.05) is 18.2 Å². The van der Waals surface area contributed by atoms with E-state index in [2.05, 4.69) is 15.6 Å². The Kier molecular flexibility index (Phi) is 11.0. The number of nitrogens with two attached hydrogens (primary N) is 1. The van der Waals surface area contributed by atoms with E-state index in [0.29, 0.717) is 56.9 Å². The average molecular weight is 628 g/mol. The van der Waals surface area contributed by atoms with Gasteiger partial charge in [0, 0.05) is 37.3 Å². The second-order valence-electron chi connectivity index (χ2n) is 11.0. The van der Waals surface area contributed by atoms with E-state index >= 15 is 0 Å². The molecule has 13 heteroatoms. The first-order valence-electron chi connectivity index (χ1n) is 14.9. The second-order valence-corrected chi connectivity index (χ2v) is 11.0. The number of nitrogens with zero attached hydrogens (tertiary/aromatic N) is 2. The molecule has 0 spiro atoms. The highest BCUT2D eigenvalue weighted by Crippen LogP contribution is 2.26. The number of aromatic nitrogens is 1. The fourth-order valence-electron chi connectivity index (χ4n) is 5.29. The van der Waals surface area contributed by atoms with Gasteiger partial charge in [0.15, 0.2) is 0 Å². The summed E-state index contributed by atoms with van der Waals surface area (Å²) in [6.45, 7) is 3.05. The lowest BCUT2D eigenvalue weighted by Crippen LogP contribution is -2.48. The quantitative estimate of drug-likeness (QED) is 0.312. The van der Waals surface area contributed by atoms with E-state index in [1.54, 1.807) is 11.0 Å². The van der Waals surface area contributed by atoms with Crippen molar-refractivity contribution in [3.63, 3.8) is 0 Å². The van der Waals surface area contributed by atoms with E-state index in [1.807, 2.05) is 0 Å². The SMILES string of the molecule is N[C@@H](Cc1ccc(F)c(-c2ccc(F)cc2)c1)C(=O)Nc1cncc(F)c1CC[C@@H]1CNC[C@@H](COC(=O)N2CCOCC2)O1. The number of anilines is 1. The molecule has 0 unspecified atom stereocenters. The van der Waals surface area contributed by atoms with Gasteiger partial charge in [-0.25, -0.2) is 18.0 Å². The molecule has 45 heavy (non-hydrogen) atoms. The summed E-state index contributed by atoms with van der Waals surface area (Å²) in [6.07, 6.45) is 2.15. The van der Waals surface area contributed by atoms with Crippen molar-refractivity contribution in [1.29, 1.82) is 0 Å². The molecule has 10 nitrogen and oxygen atoms in total. The Hall–Kier alpha value is -4.04. The smallest absolute Gasteiger partial charge is 0.410 e. The van der Waals surface area contributed by atoms with Gasteiger partial charge < -0.3 is 35.5 Å². The molecule has 2 aliphatic heterocycles. The summed E-state index contributed by atoms with van der Waals surface area (Å²) in [5, 5.41) is 5.95. The first-order chi connectivity index (χ1) is 21.8. The van der Waals surface area contributed by atoms with Crippen LogP contribution in [-0.2, 0) is 31.8 Å². The van der Waals surface area contributed by atoms with Gasteiger partial charge in [-0.2, -0.15) is 0 Å². The molecule has 0 aliphatic carbocycles. The van der Waals surface area contributed by atoms with Crippen LogP contribution in [-0.4, -0.2) is 86.1 Å². The van der Waals surface area contributed by atoms with Crippen LogP contribution >= 0.6 is 0 Å². The molecule has 3 heterocycles. The number of rotatable bonds is 10. The van der Waals surface area contributed by atoms with Gasteiger partial charge in [0.1, 0.15) is 30.2 Å². The van der Waals surface area contributed by atoms with Crippen molar-refractivity contribution in [2.75, 3.05) is 51.3 Å². The zero-order chi connectivity index (χ0) is 31.8. The number of carbonyl (C=O) groups is 2. The summed E-state index contributed by atoms with van der Waals surface area (Å²) in [5.74, 6) is -2.07. The van der Waals surface area contributed by atoms with Crippen LogP contribution in [0.3, 0.4) is 0 Å². The van der Waals surface area contributed by atoms with E-state index in [9.17, 15) is 22.8 Å². The van der Waals surface area contributed by atoms with Crippen molar-refractivity contribution in [2.24, 2.45) is 5.73 Å². The summed E-state index contributed by atoms with van der Waals surface area (Å²) in [4.78, 5) is 30.8. The fourth-order valence-corrected chi connectivity index (χ4v) is 5.29. The number of benzene rings is 2. The van der Waals surface area contributed by atoms with Crippen molar-refractivity contribution >= 4 is 17.7 Å². The van der Waals surface area contributed by atoms with Crippen molar-refractivity contribution in [3.05, 3.63) is 83.4 Å². The summed E-state index contributed by atoms with van der Waals surface area (Å²) in [6, 6.07) is 8.76. The summed E-state index contributed by atoms with van der Waals surface area (Å²) in [7, 11) is 0. The number of hydrogen-bond acceptors (Lipinski definition) is 8. The van der Waals surface area contributed by atoms with Gasteiger partial charge in [0.2, 0.25) is 5.91 Å². The molecule has 4 N–H and O–H groups in total. The van der Waals surface area contributed by atoms with Gasteiger partial charge in [-0.05, 0) is 54.7 Å². The van der Waals surface area contributed by atoms with E-state index in [4.69, 9.17) is 19.9 Å². The predicted octanol–water partition coefficient (Wildman–Crippen LogP) is 3.43. The van der Waals surface area contributed by atoms with Gasteiger partial charge in [0.25, 0.3) is 0 Å². The molecule has 3 aromatic rings. The number of amides is 2. The molecule has 2 aliphatic rings. The molecule has 5 rings (SSSR count). The predicted molar refractivity (Wildman–Crippen MR) is 160 cm³/mol. The number of halogens is 3. The van der Waals surface area contributed by atoms with Crippen LogP contribution in [0.25, 0.3) is 11.1 Å². The fraction of sp³-hybridized carbons (Fsp3) is 0.406. The molecule has 0 bridgehead atoms. The number of ether oxygens (including phenoxy) is 3. The number of pyridine rings is 1. The molecular weight excluding hydrogens is 591 g/mol. The van der Waals surface area contributed by atoms with E-state index in [-0.39, 0.29) is 48.5 Å². The first kappa shape index (κ1) is 32.4. The summed E-state index contributed by atoms with van der Waals surface area (Å²) >= 11 is 0. The zero-order valence-corrected chi connectivity index (χ0v) is 24.6. The van der Waals surface area contributed by atoms with E-state index < -0.39 is 35.5 Å². The Balaban J connectivity index is 1.15. The third kappa shape index (κ3) is 8.78. The van der Waals surface area contributed by atoms with Gasteiger partial charge in [0.05, 0.1) is 43.4 Å². The van der Waals surface area contributed by atoms with Crippen LogP contribution in [0.5, 0.6) is 0 Å². The Morgan fingerprint density at radius 1 is 1.04 bits per heavy atom. The van der Waals surface area contributed by atoms with Gasteiger partial charge >= 0.3 is 6.09 Å².